The molecule has 0 spiro atoms. The number of carbonyl (C=O) groups excluding carboxylic acids is 1. The molecule has 1 aliphatic heterocycles. The van der Waals surface area contributed by atoms with Crippen molar-refractivity contribution in [2.45, 2.75) is 24.7 Å². The highest BCUT2D eigenvalue weighted by molar-refractivity contribution is 6.42. The van der Waals surface area contributed by atoms with Crippen molar-refractivity contribution < 1.29 is 15.0 Å². The number of aliphatic hydroxyl groups excluding tert-OH is 2. The lowest BCUT2D eigenvalue weighted by molar-refractivity contribution is -0.131. The fourth-order valence-corrected chi connectivity index (χ4v) is 3.81. The van der Waals surface area contributed by atoms with Crippen LogP contribution in [0.4, 0.5) is 0 Å². The third-order valence-electron chi connectivity index (χ3n) is 5.15. The third kappa shape index (κ3) is 5.04. The minimum atomic E-state index is -0.756. The van der Waals surface area contributed by atoms with Crippen LogP contribution in [0.5, 0.6) is 0 Å². The first kappa shape index (κ1) is 21.1. The van der Waals surface area contributed by atoms with Gasteiger partial charge in [-0.1, -0.05) is 59.6 Å². The molecule has 1 fully saturated rings. The summed E-state index contributed by atoms with van der Waals surface area (Å²) in [4.78, 5) is 16.7. The number of hydrogen-bond donors (Lipinski definition) is 2. The minimum absolute atomic E-state index is 0.0486. The fourth-order valence-electron chi connectivity index (χ4n) is 3.49. The molecule has 1 aliphatic rings. The minimum Gasteiger partial charge on any atom is -0.389 e. The third-order valence-corrected chi connectivity index (χ3v) is 5.89. The molecule has 1 saturated heterocycles. The van der Waals surface area contributed by atoms with Crippen molar-refractivity contribution in [2.75, 3.05) is 26.7 Å². The van der Waals surface area contributed by atoms with Crippen LogP contribution < -0.4 is 0 Å². The first-order chi connectivity index (χ1) is 13.3. The average Bonchev–Trinajstić information content (AvgIpc) is 3.00. The lowest BCUT2D eigenvalue weighted by atomic mass is 10.0. The van der Waals surface area contributed by atoms with Crippen molar-refractivity contribution in [1.29, 1.82) is 0 Å². The Morgan fingerprint density at radius 1 is 1.11 bits per heavy atom. The summed E-state index contributed by atoms with van der Waals surface area (Å²) in [6.07, 6.45) is -1.30. The monoisotopic (exact) mass is 422 g/mol. The molecular formula is C21H24Cl2N2O3. The van der Waals surface area contributed by atoms with Crippen LogP contribution in [0.3, 0.4) is 0 Å². The summed E-state index contributed by atoms with van der Waals surface area (Å²) >= 11 is 12.0. The normalized spacial score (nSPS) is 20.9. The molecule has 0 aromatic heterocycles. The molecule has 28 heavy (non-hydrogen) atoms. The average molecular weight is 423 g/mol. The summed E-state index contributed by atoms with van der Waals surface area (Å²) < 4.78 is 0. The van der Waals surface area contributed by atoms with Crippen molar-refractivity contribution in [3.05, 3.63) is 69.7 Å². The van der Waals surface area contributed by atoms with E-state index in [1.807, 2.05) is 35.2 Å². The zero-order chi connectivity index (χ0) is 20.3. The van der Waals surface area contributed by atoms with Crippen molar-refractivity contribution in [3.63, 3.8) is 0 Å². The van der Waals surface area contributed by atoms with Gasteiger partial charge in [0.1, 0.15) is 0 Å². The van der Waals surface area contributed by atoms with Gasteiger partial charge < -0.3 is 15.1 Å². The zero-order valence-corrected chi connectivity index (χ0v) is 17.1. The number of likely N-dealkylation sites (N-methyl/N-ethyl adjacent to an activating group) is 1. The second-order valence-electron chi connectivity index (χ2n) is 7.21. The molecule has 3 atom stereocenters. The van der Waals surface area contributed by atoms with Crippen LogP contribution in [0.15, 0.2) is 48.5 Å². The van der Waals surface area contributed by atoms with Crippen LogP contribution in [0.1, 0.15) is 17.2 Å². The van der Waals surface area contributed by atoms with Gasteiger partial charge in [-0.05, 0) is 23.3 Å². The largest absolute Gasteiger partial charge is 0.389 e. The Kier molecular flexibility index (Phi) is 6.96. The van der Waals surface area contributed by atoms with Gasteiger partial charge in [-0.15, -0.1) is 0 Å². The number of amides is 1. The van der Waals surface area contributed by atoms with Crippen LogP contribution in [0.2, 0.25) is 10.0 Å². The maximum Gasteiger partial charge on any atom is 0.227 e. The Morgan fingerprint density at radius 3 is 2.36 bits per heavy atom. The molecule has 0 aliphatic carbocycles. The summed E-state index contributed by atoms with van der Waals surface area (Å²) in [7, 11) is 1.78. The molecule has 2 N–H and O–H groups in total. The van der Waals surface area contributed by atoms with Crippen molar-refractivity contribution in [1.82, 2.24) is 9.80 Å². The van der Waals surface area contributed by atoms with Crippen LogP contribution in [0.25, 0.3) is 0 Å². The number of rotatable bonds is 6. The summed E-state index contributed by atoms with van der Waals surface area (Å²) in [5.41, 5.74) is 1.80. The molecule has 1 heterocycles. The number of nitrogens with zero attached hydrogens (tertiary/aromatic N) is 2. The van der Waals surface area contributed by atoms with Gasteiger partial charge in [0.15, 0.2) is 0 Å². The number of hydrogen-bond acceptors (Lipinski definition) is 4. The van der Waals surface area contributed by atoms with E-state index in [1.165, 1.54) is 0 Å². The molecule has 0 saturated carbocycles. The molecule has 3 unspecified atom stereocenters. The van der Waals surface area contributed by atoms with E-state index in [-0.39, 0.29) is 18.4 Å². The first-order valence-corrected chi connectivity index (χ1v) is 9.93. The van der Waals surface area contributed by atoms with E-state index in [9.17, 15) is 15.0 Å². The summed E-state index contributed by atoms with van der Waals surface area (Å²) in [5, 5.41) is 20.6. The molecule has 0 bridgehead atoms. The van der Waals surface area contributed by atoms with E-state index in [0.29, 0.717) is 29.7 Å². The molecule has 2 aromatic rings. The second-order valence-corrected chi connectivity index (χ2v) is 8.02. The number of halogens is 2. The zero-order valence-electron chi connectivity index (χ0n) is 15.6. The predicted octanol–water partition coefficient (Wildman–Crippen LogP) is 2.77. The van der Waals surface area contributed by atoms with E-state index in [0.717, 1.165) is 11.1 Å². The molecular weight excluding hydrogens is 399 g/mol. The van der Waals surface area contributed by atoms with Gasteiger partial charge in [-0.2, -0.15) is 0 Å². The highest BCUT2D eigenvalue weighted by Gasteiger charge is 2.33. The van der Waals surface area contributed by atoms with E-state index in [2.05, 4.69) is 0 Å². The number of benzene rings is 2. The van der Waals surface area contributed by atoms with E-state index < -0.39 is 12.2 Å². The Labute approximate surface area is 175 Å². The lowest BCUT2D eigenvalue weighted by Crippen LogP contribution is -2.39. The van der Waals surface area contributed by atoms with Gasteiger partial charge in [0.05, 0.1) is 34.7 Å². The SMILES string of the molecule is CN(C(=O)Cc1ccc(Cl)c(Cl)c1)C(CN1CC(O)C(O)C1)c1ccccc1. The van der Waals surface area contributed by atoms with E-state index in [1.54, 1.807) is 30.1 Å². The van der Waals surface area contributed by atoms with Crippen LogP contribution in [0, 0.1) is 0 Å². The maximum absolute atomic E-state index is 13.0. The van der Waals surface area contributed by atoms with E-state index in [4.69, 9.17) is 23.2 Å². The van der Waals surface area contributed by atoms with Gasteiger partial charge in [0.2, 0.25) is 5.91 Å². The molecule has 5 nitrogen and oxygen atoms in total. The van der Waals surface area contributed by atoms with E-state index >= 15 is 0 Å². The fraction of sp³-hybridized carbons (Fsp3) is 0.381. The quantitative estimate of drug-likeness (QED) is 0.750. The number of likely N-dealkylation sites (tertiary alicyclic amines) is 1. The lowest BCUT2D eigenvalue weighted by Gasteiger charge is -2.32. The van der Waals surface area contributed by atoms with Gasteiger partial charge in [0, 0.05) is 26.7 Å². The van der Waals surface area contributed by atoms with Gasteiger partial charge >= 0.3 is 0 Å². The standard InChI is InChI=1S/C21H24Cl2N2O3/c1-24(21(28)10-14-7-8-16(22)17(23)9-14)18(15-5-3-2-4-6-15)11-25-12-19(26)20(27)13-25/h2-9,18-20,26-27H,10-13H2,1H3. The molecule has 3 rings (SSSR count). The Hall–Kier alpha value is -1.63. The molecule has 0 radical (unpaired) electrons. The Bertz CT molecular complexity index is 809. The van der Waals surface area contributed by atoms with Gasteiger partial charge in [-0.3, -0.25) is 9.69 Å². The smallest absolute Gasteiger partial charge is 0.227 e. The number of carbonyl (C=O) groups is 1. The highest BCUT2D eigenvalue weighted by atomic mass is 35.5. The summed E-state index contributed by atoms with van der Waals surface area (Å²) in [5.74, 6) is -0.0486. The van der Waals surface area contributed by atoms with Crippen LogP contribution in [-0.4, -0.2) is 64.8 Å². The highest BCUT2D eigenvalue weighted by Crippen LogP contribution is 2.26. The second kappa shape index (κ2) is 9.25. The summed E-state index contributed by atoms with van der Waals surface area (Å²) in [6.45, 7) is 1.31. The topological polar surface area (TPSA) is 64.0 Å². The van der Waals surface area contributed by atoms with Crippen LogP contribution >= 0.6 is 23.2 Å². The van der Waals surface area contributed by atoms with Crippen molar-refractivity contribution >= 4 is 29.1 Å². The molecule has 7 heteroatoms. The molecule has 1 amide bonds. The van der Waals surface area contributed by atoms with Crippen molar-refractivity contribution in [3.8, 4) is 0 Å². The van der Waals surface area contributed by atoms with Gasteiger partial charge in [0.25, 0.3) is 0 Å². The van der Waals surface area contributed by atoms with Crippen molar-refractivity contribution in [2.24, 2.45) is 0 Å². The van der Waals surface area contributed by atoms with Crippen LogP contribution in [-0.2, 0) is 11.2 Å². The number of β-amino-alcohol motifs (C(OH)–C–C–N with tert-alkyl or cyclic N) is 2. The Balaban J connectivity index is 1.76. The maximum atomic E-state index is 13.0. The molecule has 2 aromatic carbocycles. The molecule has 150 valence electrons. The first-order valence-electron chi connectivity index (χ1n) is 9.18. The Morgan fingerprint density at radius 2 is 1.75 bits per heavy atom. The number of aliphatic hydroxyl groups is 2. The summed E-state index contributed by atoms with van der Waals surface area (Å²) in [6, 6.07) is 14.8. The van der Waals surface area contributed by atoms with Gasteiger partial charge in [-0.25, -0.2) is 0 Å². The predicted molar refractivity (Wildman–Crippen MR) is 111 cm³/mol.